The van der Waals surface area contributed by atoms with E-state index in [1.54, 1.807) is 0 Å². The molecule has 0 radical (unpaired) electrons. The van der Waals surface area contributed by atoms with Crippen molar-refractivity contribution in [1.82, 2.24) is 4.98 Å². The number of amides is 1. The number of rotatable bonds is 4. The number of thiazole rings is 1. The molecule has 3 aromatic rings. The van der Waals surface area contributed by atoms with Crippen molar-refractivity contribution in [3.05, 3.63) is 59.1 Å². The molecule has 0 unspecified atom stereocenters. The zero-order valence-electron chi connectivity index (χ0n) is 15.0. The van der Waals surface area contributed by atoms with Gasteiger partial charge < -0.3 is 10.2 Å². The minimum absolute atomic E-state index is 0.101. The summed E-state index contributed by atoms with van der Waals surface area (Å²) < 4.78 is 1.27. The molecule has 134 valence electrons. The summed E-state index contributed by atoms with van der Waals surface area (Å²) in [6.07, 6.45) is 2.21. The summed E-state index contributed by atoms with van der Waals surface area (Å²) in [6, 6.07) is 16.3. The summed E-state index contributed by atoms with van der Waals surface area (Å²) in [6.45, 7) is 4.64. The van der Waals surface area contributed by atoms with E-state index in [9.17, 15) is 4.79 Å². The number of benzene rings is 2. The molecule has 0 atom stereocenters. The average molecular weight is 367 g/mol. The molecule has 4 rings (SSSR count). The van der Waals surface area contributed by atoms with E-state index in [1.807, 2.05) is 48.6 Å². The normalized spacial score (nSPS) is 20.2. The van der Waals surface area contributed by atoms with Crippen molar-refractivity contribution in [3.8, 4) is 0 Å². The van der Waals surface area contributed by atoms with Gasteiger partial charge in [0.2, 0.25) is 0 Å². The topological polar surface area (TPSA) is 46.4 Å². The third-order valence-corrected chi connectivity index (χ3v) is 6.26. The van der Waals surface area contributed by atoms with Crippen molar-refractivity contribution in [2.24, 2.45) is 0 Å². The zero-order valence-corrected chi connectivity index (χ0v) is 15.8. The number of para-hydroxylation sites is 1. The van der Waals surface area contributed by atoms with E-state index in [1.165, 1.54) is 14.6 Å². The van der Waals surface area contributed by atoms with Gasteiger partial charge in [-0.25, -0.2) is 4.98 Å². The van der Waals surface area contributed by atoms with Gasteiger partial charge in [-0.05, 0) is 36.8 Å². The van der Waals surface area contributed by atoms with Gasteiger partial charge in [-0.3, -0.25) is 4.79 Å². The van der Waals surface area contributed by atoms with Crippen molar-refractivity contribution in [3.63, 3.8) is 0 Å². The molecule has 2 N–H and O–H groups in total. The fraction of sp³-hybridized carbons (Fsp3) is 0.333. The molecule has 1 aliphatic rings. The van der Waals surface area contributed by atoms with Crippen molar-refractivity contribution in [2.45, 2.75) is 25.7 Å². The first-order valence-electron chi connectivity index (χ1n) is 9.23. The minimum Gasteiger partial charge on any atom is -0.327 e. The molecular weight excluding hydrogens is 342 g/mol. The lowest BCUT2D eigenvalue weighted by atomic mass is 9.97. The van der Waals surface area contributed by atoms with Gasteiger partial charge in [-0.2, -0.15) is 0 Å². The van der Waals surface area contributed by atoms with Crippen molar-refractivity contribution in [1.29, 1.82) is 0 Å². The average Bonchev–Trinajstić information content (AvgIpc) is 3.06. The maximum Gasteiger partial charge on any atom is 0.279 e. The highest BCUT2D eigenvalue weighted by Gasteiger charge is 2.27. The Bertz CT molecular complexity index is 879. The van der Waals surface area contributed by atoms with Crippen LogP contribution in [0, 0.1) is 6.92 Å². The van der Waals surface area contributed by atoms with Crippen LogP contribution >= 0.6 is 11.3 Å². The summed E-state index contributed by atoms with van der Waals surface area (Å²) >= 11 is 1.82. The Morgan fingerprint density at radius 1 is 1.19 bits per heavy atom. The van der Waals surface area contributed by atoms with E-state index >= 15 is 0 Å². The second-order valence-corrected chi connectivity index (χ2v) is 8.20. The quantitative estimate of drug-likeness (QED) is 0.746. The molecule has 0 bridgehead atoms. The van der Waals surface area contributed by atoms with E-state index < -0.39 is 0 Å². The summed E-state index contributed by atoms with van der Waals surface area (Å²) in [5.41, 5.74) is 3.16. The molecule has 1 fully saturated rings. The van der Waals surface area contributed by atoms with Crippen molar-refractivity contribution < 1.29 is 9.69 Å². The lowest BCUT2D eigenvalue weighted by molar-refractivity contribution is -0.897. The largest absolute Gasteiger partial charge is 0.327 e. The standard InChI is InChI=1S/C21H23N3OS/c1-15-5-4-6-17(13-15)22-20(25)14-24-11-9-16(10-12-24)21-23-18-7-2-3-8-19(18)26-21/h2-8,13,16H,9-12,14H2,1H3,(H,22,25)/p+1. The molecule has 1 aliphatic heterocycles. The second kappa shape index (κ2) is 7.56. The Morgan fingerprint density at radius 3 is 2.77 bits per heavy atom. The number of carbonyl (C=O) groups excluding carboxylic acids is 1. The van der Waals surface area contributed by atoms with Crippen LogP contribution < -0.4 is 10.2 Å². The van der Waals surface area contributed by atoms with Gasteiger partial charge in [0, 0.05) is 24.4 Å². The van der Waals surface area contributed by atoms with E-state index in [2.05, 4.69) is 23.5 Å². The smallest absolute Gasteiger partial charge is 0.279 e. The molecule has 4 nitrogen and oxygen atoms in total. The van der Waals surface area contributed by atoms with Gasteiger partial charge >= 0.3 is 0 Å². The van der Waals surface area contributed by atoms with Crippen LogP contribution in [0.3, 0.4) is 0 Å². The van der Waals surface area contributed by atoms with Gasteiger partial charge in [0.05, 0.1) is 28.3 Å². The number of piperidine rings is 1. The minimum atomic E-state index is 0.101. The predicted molar refractivity (Wildman–Crippen MR) is 107 cm³/mol. The van der Waals surface area contributed by atoms with Gasteiger partial charge in [0.25, 0.3) is 5.91 Å². The molecule has 0 spiro atoms. The zero-order chi connectivity index (χ0) is 17.9. The first kappa shape index (κ1) is 17.2. The van der Waals surface area contributed by atoms with Crippen LogP contribution in [0.2, 0.25) is 0 Å². The van der Waals surface area contributed by atoms with Gasteiger partial charge in [-0.15, -0.1) is 11.3 Å². The van der Waals surface area contributed by atoms with E-state index in [0.29, 0.717) is 12.5 Å². The van der Waals surface area contributed by atoms with Crippen molar-refractivity contribution >= 4 is 33.1 Å². The first-order chi connectivity index (χ1) is 12.7. The maximum absolute atomic E-state index is 12.3. The van der Waals surface area contributed by atoms with Crippen LogP contribution in [0.1, 0.15) is 29.3 Å². The van der Waals surface area contributed by atoms with E-state index in [0.717, 1.165) is 42.7 Å². The number of carbonyl (C=O) groups is 1. The number of anilines is 1. The Kier molecular flexibility index (Phi) is 5.00. The second-order valence-electron chi connectivity index (χ2n) is 7.14. The van der Waals surface area contributed by atoms with Crippen LogP contribution in [0.25, 0.3) is 10.2 Å². The number of aromatic nitrogens is 1. The highest BCUT2D eigenvalue weighted by Crippen LogP contribution is 2.31. The Balaban J connectivity index is 1.31. The monoisotopic (exact) mass is 366 g/mol. The molecule has 2 aromatic carbocycles. The third-order valence-electron chi connectivity index (χ3n) is 5.06. The Hall–Kier alpha value is -2.24. The van der Waals surface area contributed by atoms with Crippen LogP contribution in [0.5, 0.6) is 0 Å². The van der Waals surface area contributed by atoms with Crippen LogP contribution in [-0.2, 0) is 4.79 Å². The van der Waals surface area contributed by atoms with Crippen molar-refractivity contribution in [2.75, 3.05) is 25.0 Å². The van der Waals surface area contributed by atoms with Crippen LogP contribution in [0.4, 0.5) is 5.69 Å². The highest BCUT2D eigenvalue weighted by atomic mass is 32.1. The number of fused-ring (bicyclic) bond motifs is 1. The summed E-state index contributed by atoms with van der Waals surface area (Å²) in [4.78, 5) is 18.5. The van der Waals surface area contributed by atoms with Crippen LogP contribution in [-0.4, -0.2) is 30.5 Å². The van der Waals surface area contributed by atoms with Crippen LogP contribution in [0.15, 0.2) is 48.5 Å². The molecule has 0 saturated carbocycles. The highest BCUT2D eigenvalue weighted by molar-refractivity contribution is 7.18. The number of quaternary nitrogens is 1. The molecule has 26 heavy (non-hydrogen) atoms. The number of aryl methyl sites for hydroxylation is 1. The lowest BCUT2D eigenvalue weighted by Gasteiger charge is -2.27. The number of nitrogens with zero attached hydrogens (tertiary/aromatic N) is 1. The predicted octanol–water partition coefficient (Wildman–Crippen LogP) is 3.01. The fourth-order valence-electron chi connectivity index (χ4n) is 3.67. The molecular formula is C21H24N3OS+. The van der Waals surface area contributed by atoms with E-state index in [4.69, 9.17) is 4.98 Å². The number of hydrogen-bond acceptors (Lipinski definition) is 3. The number of likely N-dealkylation sites (tertiary alicyclic amines) is 1. The summed E-state index contributed by atoms with van der Waals surface area (Å²) in [5, 5.41) is 4.28. The Morgan fingerprint density at radius 2 is 2.00 bits per heavy atom. The molecule has 2 heterocycles. The number of nitrogens with one attached hydrogen (secondary N) is 2. The molecule has 5 heteroatoms. The SMILES string of the molecule is Cc1cccc(NC(=O)C[NH+]2CCC(c3nc4ccccc4s3)CC2)c1. The molecule has 1 amide bonds. The Labute approximate surface area is 157 Å². The van der Waals surface area contributed by atoms with E-state index in [-0.39, 0.29) is 5.91 Å². The first-order valence-corrected chi connectivity index (χ1v) is 10.0. The molecule has 0 aliphatic carbocycles. The maximum atomic E-state index is 12.3. The summed E-state index contributed by atoms with van der Waals surface area (Å²) in [7, 11) is 0. The fourth-order valence-corrected chi connectivity index (χ4v) is 4.81. The number of hydrogen-bond donors (Lipinski definition) is 2. The molecule has 1 saturated heterocycles. The lowest BCUT2D eigenvalue weighted by Crippen LogP contribution is -3.14. The van der Waals surface area contributed by atoms with Gasteiger partial charge in [-0.1, -0.05) is 24.3 Å². The third kappa shape index (κ3) is 3.94. The summed E-state index contributed by atoms with van der Waals surface area (Å²) in [5.74, 6) is 0.639. The van der Waals surface area contributed by atoms with Gasteiger partial charge in [0.15, 0.2) is 6.54 Å². The van der Waals surface area contributed by atoms with Gasteiger partial charge in [0.1, 0.15) is 0 Å². The molecule has 1 aromatic heterocycles.